The van der Waals surface area contributed by atoms with Gasteiger partial charge >= 0.3 is 5.97 Å². The second-order valence-electron chi connectivity index (χ2n) is 6.60. The van der Waals surface area contributed by atoms with Gasteiger partial charge in [0.15, 0.2) is 0 Å². The molecule has 1 unspecified atom stereocenters. The summed E-state index contributed by atoms with van der Waals surface area (Å²) in [7, 11) is 0. The van der Waals surface area contributed by atoms with Crippen LogP contribution in [0.5, 0.6) is 0 Å². The minimum atomic E-state index is -0.802. The first-order valence-electron chi connectivity index (χ1n) is 7.46. The van der Waals surface area contributed by atoms with Gasteiger partial charge in [0.05, 0.1) is 6.42 Å². The maximum atomic E-state index is 12.8. The molecule has 19 heavy (non-hydrogen) atoms. The van der Waals surface area contributed by atoms with E-state index in [4.69, 9.17) is 5.11 Å². The number of carbonyl (C=O) groups is 2. The first kappa shape index (κ1) is 14.4. The van der Waals surface area contributed by atoms with Crippen LogP contribution in [0.3, 0.4) is 0 Å². The first-order chi connectivity index (χ1) is 8.93. The molecule has 0 aromatic heterocycles. The maximum absolute atomic E-state index is 12.8. The first-order valence-corrected chi connectivity index (χ1v) is 7.46. The van der Waals surface area contributed by atoms with Gasteiger partial charge in [-0.3, -0.25) is 9.59 Å². The fourth-order valence-electron chi connectivity index (χ4n) is 3.71. The highest BCUT2D eigenvalue weighted by Crippen LogP contribution is 2.42. The molecule has 0 radical (unpaired) electrons. The molecule has 1 amide bonds. The van der Waals surface area contributed by atoms with Gasteiger partial charge in [-0.2, -0.15) is 0 Å². The topological polar surface area (TPSA) is 57.6 Å². The number of aliphatic carboxylic acids is 1. The summed E-state index contributed by atoms with van der Waals surface area (Å²) in [5.41, 5.74) is -0.336. The lowest BCUT2D eigenvalue weighted by Gasteiger charge is -2.36. The summed E-state index contributed by atoms with van der Waals surface area (Å²) in [4.78, 5) is 25.5. The SMILES string of the molecule is CC(C)(C(=O)N1CCCC1CC(=O)O)C1CCCC1. The second kappa shape index (κ2) is 5.51. The van der Waals surface area contributed by atoms with Gasteiger partial charge in [-0.15, -0.1) is 0 Å². The van der Waals surface area contributed by atoms with Crippen molar-refractivity contribution >= 4 is 11.9 Å². The van der Waals surface area contributed by atoms with Crippen molar-refractivity contribution in [2.45, 2.75) is 64.8 Å². The lowest BCUT2D eigenvalue weighted by molar-refractivity contribution is -0.146. The van der Waals surface area contributed by atoms with E-state index >= 15 is 0 Å². The van der Waals surface area contributed by atoms with Crippen LogP contribution < -0.4 is 0 Å². The molecule has 2 aliphatic rings. The van der Waals surface area contributed by atoms with Crippen LogP contribution in [0.15, 0.2) is 0 Å². The van der Waals surface area contributed by atoms with Crippen LogP contribution in [0, 0.1) is 11.3 Å². The lowest BCUT2D eigenvalue weighted by atomic mass is 9.76. The van der Waals surface area contributed by atoms with Gasteiger partial charge in [0.25, 0.3) is 0 Å². The second-order valence-corrected chi connectivity index (χ2v) is 6.60. The van der Waals surface area contributed by atoms with Crippen molar-refractivity contribution < 1.29 is 14.7 Å². The minimum Gasteiger partial charge on any atom is -0.481 e. The highest BCUT2D eigenvalue weighted by Gasteiger charge is 2.43. The van der Waals surface area contributed by atoms with Gasteiger partial charge < -0.3 is 10.0 Å². The molecule has 1 heterocycles. The Balaban J connectivity index is 2.06. The predicted molar refractivity (Wildman–Crippen MR) is 72.7 cm³/mol. The van der Waals surface area contributed by atoms with E-state index in [9.17, 15) is 9.59 Å². The van der Waals surface area contributed by atoms with Gasteiger partial charge in [-0.25, -0.2) is 0 Å². The van der Waals surface area contributed by atoms with E-state index in [2.05, 4.69) is 0 Å². The van der Waals surface area contributed by atoms with Gasteiger partial charge in [0.1, 0.15) is 0 Å². The number of amides is 1. The molecule has 2 fully saturated rings. The Morgan fingerprint density at radius 1 is 1.16 bits per heavy atom. The molecule has 0 bridgehead atoms. The molecule has 0 aromatic rings. The third-order valence-corrected chi connectivity index (χ3v) is 4.98. The van der Waals surface area contributed by atoms with Gasteiger partial charge in [0, 0.05) is 18.0 Å². The van der Waals surface area contributed by atoms with Crippen molar-refractivity contribution in [1.29, 1.82) is 0 Å². The standard InChI is InChI=1S/C15H25NO3/c1-15(2,11-6-3-4-7-11)14(19)16-9-5-8-12(16)10-13(17)18/h11-12H,3-10H2,1-2H3,(H,17,18). The number of carbonyl (C=O) groups excluding carboxylic acids is 1. The van der Waals surface area contributed by atoms with E-state index in [0.29, 0.717) is 5.92 Å². The van der Waals surface area contributed by atoms with E-state index in [1.165, 1.54) is 12.8 Å². The van der Waals surface area contributed by atoms with Crippen molar-refractivity contribution in [3.05, 3.63) is 0 Å². The Morgan fingerprint density at radius 2 is 1.79 bits per heavy atom. The normalized spacial score (nSPS) is 24.9. The van der Waals surface area contributed by atoms with Crippen LogP contribution in [0.1, 0.15) is 58.8 Å². The van der Waals surface area contributed by atoms with Crippen molar-refractivity contribution in [3.63, 3.8) is 0 Å². The van der Waals surface area contributed by atoms with E-state index in [-0.39, 0.29) is 23.8 Å². The predicted octanol–water partition coefficient (Wildman–Crippen LogP) is 2.67. The van der Waals surface area contributed by atoms with Crippen molar-refractivity contribution in [2.75, 3.05) is 6.54 Å². The van der Waals surface area contributed by atoms with E-state index in [1.807, 2.05) is 18.7 Å². The molecule has 4 heteroatoms. The zero-order valence-corrected chi connectivity index (χ0v) is 12.0. The summed E-state index contributed by atoms with van der Waals surface area (Å²) in [6.45, 7) is 4.82. The summed E-state index contributed by atoms with van der Waals surface area (Å²) in [6, 6.07) is -0.0920. The Labute approximate surface area is 115 Å². The van der Waals surface area contributed by atoms with Crippen molar-refractivity contribution in [3.8, 4) is 0 Å². The molecular weight excluding hydrogens is 242 g/mol. The third kappa shape index (κ3) is 2.93. The Bertz CT molecular complexity index is 358. The average Bonchev–Trinajstić information content (AvgIpc) is 2.97. The third-order valence-electron chi connectivity index (χ3n) is 4.98. The maximum Gasteiger partial charge on any atom is 0.305 e. The number of likely N-dealkylation sites (tertiary alicyclic amines) is 1. The Morgan fingerprint density at radius 3 is 2.37 bits per heavy atom. The number of rotatable bonds is 4. The number of nitrogens with zero attached hydrogens (tertiary/aromatic N) is 1. The summed E-state index contributed by atoms with van der Waals surface area (Å²) in [6.07, 6.45) is 6.57. The van der Waals surface area contributed by atoms with Crippen LogP contribution >= 0.6 is 0 Å². The molecule has 2 rings (SSSR count). The minimum absolute atomic E-state index is 0.0898. The Kier molecular flexibility index (Phi) is 4.16. The highest BCUT2D eigenvalue weighted by molar-refractivity contribution is 5.83. The smallest absolute Gasteiger partial charge is 0.305 e. The summed E-state index contributed by atoms with van der Waals surface area (Å²) in [5.74, 6) is -0.169. The van der Waals surface area contributed by atoms with Crippen LogP contribution in [0.2, 0.25) is 0 Å². The zero-order valence-electron chi connectivity index (χ0n) is 12.0. The van der Waals surface area contributed by atoms with E-state index in [0.717, 1.165) is 32.2 Å². The largest absolute Gasteiger partial charge is 0.481 e. The van der Waals surface area contributed by atoms with Crippen LogP contribution in [0.4, 0.5) is 0 Å². The van der Waals surface area contributed by atoms with Crippen molar-refractivity contribution in [1.82, 2.24) is 4.90 Å². The van der Waals surface area contributed by atoms with E-state index in [1.54, 1.807) is 0 Å². The molecule has 4 nitrogen and oxygen atoms in total. The fraction of sp³-hybridized carbons (Fsp3) is 0.867. The number of hydrogen-bond donors (Lipinski definition) is 1. The zero-order chi connectivity index (χ0) is 14.0. The van der Waals surface area contributed by atoms with E-state index < -0.39 is 5.97 Å². The summed E-state index contributed by atoms with van der Waals surface area (Å²) >= 11 is 0. The molecule has 1 saturated heterocycles. The highest BCUT2D eigenvalue weighted by atomic mass is 16.4. The fourth-order valence-corrected chi connectivity index (χ4v) is 3.71. The van der Waals surface area contributed by atoms with Gasteiger partial charge in [-0.05, 0) is 31.6 Å². The number of carboxylic acids is 1. The Hall–Kier alpha value is -1.06. The molecular formula is C15H25NO3. The lowest BCUT2D eigenvalue weighted by Crippen LogP contribution is -2.46. The van der Waals surface area contributed by atoms with Crippen LogP contribution in [0.25, 0.3) is 0 Å². The van der Waals surface area contributed by atoms with Gasteiger partial charge in [-0.1, -0.05) is 26.7 Å². The molecule has 0 spiro atoms. The van der Waals surface area contributed by atoms with Crippen LogP contribution in [-0.2, 0) is 9.59 Å². The molecule has 1 N–H and O–H groups in total. The number of hydrogen-bond acceptors (Lipinski definition) is 2. The average molecular weight is 267 g/mol. The molecule has 0 aromatic carbocycles. The number of carboxylic acid groups (broad SMARTS) is 1. The van der Waals surface area contributed by atoms with Crippen LogP contribution in [-0.4, -0.2) is 34.5 Å². The molecule has 1 aliphatic carbocycles. The molecule has 1 atom stereocenters. The quantitative estimate of drug-likeness (QED) is 0.852. The summed E-state index contributed by atoms with van der Waals surface area (Å²) < 4.78 is 0. The van der Waals surface area contributed by atoms with Gasteiger partial charge in [0.2, 0.25) is 5.91 Å². The molecule has 1 aliphatic heterocycles. The molecule has 108 valence electrons. The van der Waals surface area contributed by atoms with Crippen molar-refractivity contribution in [2.24, 2.45) is 11.3 Å². The monoisotopic (exact) mass is 267 g/mol. The molecule has 1 saturated carbocycles. The summed E-state index contributed by atoms with van der Waals surface area (Å²) in [5, 5.41) is 8.95.